The molecular weight excluding hydrogens is 461 g/mol. The van der Waals surface area contributed by atoms with Gasteiger partial charge in [-0.05, 0) is 41.7 Å². The number of nitrogens with zero attached hydrogens (tertiary/aromatic N) is 3. The number of rotatable bonds is 8. The van der Waals surface area contributed by atoms with Crippen LogP contribution in [0.3, 0.4) is 0 Å². The first-order chi connectivity index (χ1) is 13.1. The Morgan fingerprint density at radius 1 is 1.18 bits per heavy atom. The molecule has 5 nitrogen and oxygen atoms in total. The molecule has 6 heteroatoms. The maximum Gasteiger partial charge on any atom is 0.191 e. The lowest BCUT2D eigenvalue weighted by Crippen LogP contribution is -2.46. The maximum absolute atomic E-state index is 4.40. The van der Waals surface area contributed by atoms with Crippen LogP contribution in [-0.2, 0) is 13.1 Å². The lowest BCUT2D eigenvalue weighted by atomic mass is 9.64. The SMILES string of the molecule is CN=C(NCc1ccc(Cn2ccnc2)cc1)NCC1(CC(C)C)CCC1.I. The minimum Gasteiger partial charge on any atom is -0.356 e. The van der Waals surface area contributed by atoms with E-state index in [4.69, 9.17) is 0 Å². The molecule has 0 aliphatic heterocycles. The zero-order valence-corrected chi connectivity index (χ0v) is 19.6. The molecule has 154 valence electrons. The molecular formula is C22H34IN5. The van der Waals surface area contributed by atoms with Crippen molar-refractivity contribution in [3.05, 3.63) is 54.1 Å². The third kappa shape index (κ3) is 6.50. The van der Waals surface area contributed by atoms with Crippen molar-refractivity contribution in [1.29, 1.82) is 0 Å². The standard InChI is InChI=1S/C22H33N5.HI/c1-18(2)13-22(9-4-10-22)16-26-21(23-3)25-14-19-5-7-20(8-6-19)15-27-12-11-24-17-27;/h5-8,11-12,17-18H,4,9-10,13-16H2,1-3H3,(H2,23,25,26);1H. The number of aliphatic imine (C=N–C) groups is 1. The zero-order valence-electron chi connectivity index (χ0n) is 17.3. The smallest absolute Gasteiger partial charge is 0.191 e. The Bertz CT molecular complexity index is 718. The van der Waals surface area contributed by atoms with Gasteiger partial charge in [0.25, 0.3) is 0 Å². The van der Waals surface area contributed by atoms with Crippen molar-refractivity contribution in [1.82, 2.24) is 20.2 Å². The first-order valence-electron chi connectivity index (χ1n) is 10.1. The fourth-order valence-electron chi connectivity index (χ4n) is 4.03. The van der Waals surface area contributed by atoms with E-state index in [0.29, 0.717) is 5.41 Å². The van der Waals surface area contributed by atoms with Crippen molar-refractivity contribution in [3.8, 4) is 0 Å². The number of hydrogen-bond donors (Lipinski definition) is 2. The largest absolute Gasteiger partial charge is 0.356 e. The topological polar surface area (TPSA) is 54.2 Å². The quantitative estimate of drug-likeness (QED) is 0.324. The predicted molar refractivity (Wildman–Crippen MR) is 127 cm³/mol. The fourth-order valence-corrected chi connectivity index (χ4v) is 4.03. The third-order valence-corrected chi connectivity index (χ3v) is 5.52. The Balaban J connectivity index is 0.00000280. The molecule has 1 heterocycles. The summed E-state index contributed by atoms with van der Waals surface area (Å²) in [5.74, 6) is 1.65. The van der Waals surface area contributed by atoms with E-state index in [1.54, 1.807) is 0 Å². The molecule has 2 N–H and O–H groups in total. The van der Waals surface area contributed by atoms with Crippen molar-refractivity contribution in [3.63, 3.8) is 0 Å². The maximum atomic E-state index is 4.40. The van der Waals surface area contributed by atoms with Crippen LogP contribution in [0.5, 0.6) is 0 Å². The monoisotopic (exact) mass is 495 g/mol. The van der Waals surface area contributed by atoms with Gasteiger partial charge in [-0.1, -0.05) is 44.5 Å². The second kappa shape index (κ2) is 10.8. The molecule has 1 aromatic carbocycles. The second-order valence-corrected chi connectivity index (χ2v) is 8.28. The lowest BCUT2D eigenvalue weighted by Gasteiger charge is -2.43. The van der Waals surface area contributed by atoms with Crippen molar-refractivity contribution in [2.24, 2.45) is 16.3 Å². The van der Waals surface area contributed by atoms with Gasteiger partial charge in [-0.25, -0.2) is 4.98 Å². The van der Waals surface area contributed by atoms with Gasteiger partial charge < -0.3 is 15.2 Å². The summed E-state index contributed by atoms with van der Waals surface area (Å²) in [6.45, 7) is 7.30. The number of halogens is 1. The summed E-state index contributed by atoms with van der Waals surface area (Å²) in [4.78, 5) is 8.48. The Morgan fingerprint density at radius 3 is 2.43 bits per heavy atom. The van der Waals surface area contributed by atoms with Crippen LogP contribution in [0, 0.1) is 11.3 Å². The van der Waals surface area contributed by atoms with Crippen molar-refractivity contribution < 1.29 is 0 Å². The molecule has 0 amide bonds. The number of hydrogen-bond acceptors (Lipinski definition) is 2. The second-order valence-electron chi connectivity index (χ2n) is 8.28. The van der Waals surface area contributed by atoms with E-state index >= 15 is 0 Å². The van der Waals surface area contributed by atoms with Gasteiger partial charge in [0.1, 0.15) is 0 Å². The predicted octanol–water partition coefficient (Wildman–Crippen LogP) is 4.43. The number of guanidine groups is 1. The first-order valence-corrected chi connectivity index (χ1v) is 10.1. The molecule has 0 radical (unpaired) electrons. The first kappa shape index (κ1) is 22.7. The molecule has 3 rings (SSSR count). The van der Waals surface area contributed by atoms with Gasteiger partial charge in [-0.15, -0.1) is 24.0 Å². The normalized spacial score (nSPS) is 15.6. The Kier molecular flexibility index (Phi) is 8.79. The Labute approximate surface area is 186 Å². The van der Waals surface area contributed by atoms with Gasteiger partial charge >= 0.3 is 0 Å². The lowest BCUT2D eigenvalue weighted by molar-refractivity contribution is 0.104. The molecule has 1 aromatic heterocycles. The number of benzene rings is 1. The fraction of sp³-hybridized carbons (Fsp3) is 0.545. The molecule has 1 fully saturated rings. The third-order valence-electron chi connectivity index (χ3n) is 5.52. The number of aromatic nitrogens is 2. The minimum atomic E-state index is 0. The van der Waals surface area contributed by atoms with Crippen LogP contribution in [0.1, 0.15) is 50.7 Å². The summed E-state index contributed by atoms with van der Waals surface area (Å²) in [5.41, 5.74) is 3.01. The van der Waals surface area contributed by atoms with E-state index < -0.39 is 0 Å². The Morgan fingerprint density at radius 2 is 1.89 bits per heavy atom. The van der Waals surface area contributed by atoms with Crippen LogP contribution in [0.2, 0.25) is 0 Å². The van der Waals surface area contributed by atoms with Crippen LogP contribution in [0.4, 0.5) is 0 Å². The summed E-state index contributed by atoms with van der Waals surface area (Å²) in [6, 6.07) is 8.72. The van der Waals surface area contributed by atoms with Gasteiger partial charge in [0.2, 0.25) is 0 Å². The molecule has 1 aliphatic carbocycles. The highest BCUT2D eigenvalue weighted by molar-refractivity contribution is 14.0. The summed E-state index contributed by atoms with van der Waals surface area (Å²) < 4.78 is 2.08. The van der Waals surface area contributed by atoms with Gasteiger partial charge in [-0.2, -0.15) is 0 Å². The van der Waals surface area contributed by atoms with Gasteiger partial charge in [0.05, 0.1) is 6.33 Å². The van der Waals surface area contributed by atoms with E-state index in [1.165, 1.54) is 36.8 Å². The molecule has 0 spiro atoms. The molecule has 1 aliphatic rings. The van der Waals surface area contributed by atoms with Crippen molar-refractivity contribution in [2.45, 2.75) is 52.6 Å². The summed E-state index contributed by atoms with van der Waals surface area (Å²) in [7, 11) is 1.85. The van der Waals surface area contributed by atoms with E-state index in [-0.39, 0.29) is 24.0 Å². The highest BCUT2D eigenvalue weighted by Gasteiger charge is 2.37. The minimum absolute atomic E-state index is 0. The molecule has 0 atom stereocenters. The van der Waals surface area contributed by atoms with Crippen LogP contribution in [0.25, 0.3) is 0 Å². The molecule has 0 unspecified atom stereocenters. The summed E-state index contributed by atoms with van der Waals surface area (Å²) in [5, 5.41) is 7.01. The van der Waals surface area contributed by atoms with Crippen LogP contribution in [-0.4, -0.2) is 29.1 Å². The molecule has 2 aromatic rings. The van der Waals surface area contributed by atoms with Gasteiger partial charge in [0, 0.05) is 39.1 Å². The van der Waals surface area contributed by atoms with Crippen molar-refractivity contribution >= 4 is 29.9 Å². The average Bonchev–Trinajstić information content (AvgIpc) is 3.13. The van der Waals surface area contributed by atoms with E-state index in [0.717, 1.165) is 31.5 Å². The molecule has 28 heavy (non-hydrogen) atoms. The van der Waals surface area contributed by atoms with Crippen LogP contribution >= 0.6 is 24.0 Å². The van der Waals surface area contributed by atoms with Crippen LogP contribution < -0.4 is 10.6 Å². The zero-order chi connectivity index (χ0) is 19.1. The van der Waals surface area contributed by atoms with E-state index in [2.05, 4.69) is 63.3 Å². The highest BCUT2D eigenvalue weighted by Crippen LogP contribution is 2.45. The summed E-state index contributed by atoms with van der Waals surface area (Å²) >= 11 is 0. The summed E-state index contributed by atoms with van der Waals surface area (Å²) in [6.07, 6.45) is 11.0. The van der Waals surface area contributed by atoms with E-state index in [1.807, 2.05) is 25.8 Å². The van der Waals surface area contributed by atoms with Crippen LogP contribution in [0.15, 0.2) is 48.0 Å². The Hall–Kier alpha value is -1.57. The molecule has 1 saturated carbocycles. The average molecular weight is 495 g/mol. The highest BCUT2D eigenvalue weighted by atomic mass is 127. The van der Waals surface area contributed by atoms with Crippen molar-refractivity contribution in [2.75, 3.05) is 13.6 Å². The van der Waals surface area contributed by atoms with Gasteiger partial charge in [-0.3, -0.25) is 4.99 Å². The number of nitrogens with one attached hydrogen (secondary N) is 2. The molecule has 0 bridgehead atoms. The number of imidazole rings is 1. The van der Waals surface area contributed by atoms with E-state index in [9.17, 15) is 0 Å². The van der Waals surface area contributed by atoms with Gasteiger partial charge in [0.15, 0.2) is 5.96 Å². The molecule has 0 saturated heterocycles.